The van der Waals surface area contributed by atoms with Gasteiger partial charge in [0.05, 0.1) is 31.3 Å². The molecule has 0 radical (unpaired) electrons. The van der Waals surface area contributed by atoms with E-state index in [-0.39, 0.29) is 41.9 Å². The second-order valence-electron chi connectivity index (χ2n) is 10.0. The Labute approximate surface area is 175 Å². The molecule has 0 aromatic rings. The van der Waals surface area contributed by atoms with Crippen molar-refractivity contribution in [3.8, 4) is 0 Å². The van der Waals surface area contributed by atoms with Gasteiger partial charge in [-0.1, -0.05) is 26.7 Å². The Morgan fingerprint density at radius 2 is 1.55 bits per heavy atom. The smallest absolute Gasteiger partial charge is 0.227 e. The van der Waals surface area contributed by atoms with Gasteiger partial charge in [0.15, 0.2) is 0 Å². The van der Waals surface area contributed by atoms with Crippen LogP contribution in [-0.2, 0) is 19.1 Å². The van der Waals surface area contributed by atoms with Crippen molar-refractivity contribution < 1.29 is 19.1 Å². The van der Waals surface area contributed by atoms with Crippen molar-refractivity contribution in [1.29, 1.82) is 0 Å². The molecule has 2 saturated carbocycles. The molecule has 2 heterocycles. The number of likely N-dealkylation sites (tertiary alicyclic amines) is 1. The van der Waals surface area contributed by atoms with Crippen LogP contribution >= 0.6 is 0 Å². The molecule has 0 aromatic carbocycles. The van der Waals surface area contributed by atoms with Gasteiger partial charge in [0, 0.05) is 25.0 Å². The van der Waals surface area contributed by atoms with Gasteiger partial charge in [0.1, 0.15) is 0 Å². The summed E-state index contributed by atoms with van der Waals surface area (Å²) in [6, 6.07) is -0.0162. The lowest BCUT2D eigenvalue weighted by Crippen LogP contribution is -2.54. The number of carbonyl (C=O) groups is 2. The molecule has 6 nitrogen and oxygen atoms in total. The van der Waals surface area contributed by atoms with Gasteiger partial charge >= 0.3 is 0 Å². The van der Waals surface area contributed by atoms with Crippen LogP contribution in [0.15, 0.2) is 0 Å². The molecular formula is C23H38N2O4. The predicted molar refractivity (Wildman–Crippen MR) is 110 cm³/mol. The molecule has 7 unspecified atom stereocenters. The molecule has 29 heavy (non-hydrogen) atoms. The number of rotatable bonds is 3. The van der Waals surface area contributed by atoms with Gasteiger partial charge in [-0.3, -0.25) is 9.59 Å². The molecule has 6 heteroatoms. The first kappa shape index (κ1) is 21.1. The van der Waals surface area contributed by atoms with Crippen LogP contribution in [-0.4, -0.2) is 61.3 Å². The highest BCUT2D eigenvalue weighted by Crippen LogP contribution is 2.33. The normalized spacial score (nSPS) is 40.8. The second-order valence-corrected chi connectivity index (χ2v) is 10.0. The fraction of sp³-hybridized carbons (Fsp3) is 0.913. The molecule has 0 spiro atoms. The SMILES string of the molecule is CC1CC(C)CN(C(=O)C2CCCCC2NC(=O)C2CCC3OCCOC3C2)C1. The molecule has 2 aliphatic carbocycles. The van der Waals surface area contributed by atoms with Crippen LogP contribution in [0.1, 0.15) is 65.2 Å². The topological polar surface area (TPSA) is 67.9 Å². The fourth-order valence-corrected chi connectivity index (χ4v) is 6.08. The lowest BCUT2D eigenvalue weighted by Gasteiger charge is -2.41. The number of ether oxygens (including phenoxy) is 2. The molecule has 164 valence electrons. The van der Waals surface area contributed by atoms with Crippen LogP contribution in [0.25, 0.3) is 0 Å². The standard InChI is InChI=1S/C23H38N2O4/c1-15-11-16(2)14-25(13-15)23(27)18-5-3-4-6-19(18)24-22(26)17-7-8-20-21(12-17)29-10-9-28-20/h15-21H,3-14H2,1-2H3,(H,24,26). The summed E-state index contributed by atoms with van der Waals surface area (Å²) in [5.41, 5.74) is 0. The van der Waals surface area contributed by atoms with Crippen molar-refractivity contribution in [2.75, 3.05) is 26.3 Å². The highest BCUT2D eigenvalue weighted by molar-refractivity contribution is 5.83. The van der Waals surface area contributed by atoms with E-state index in [1.807, 2.05) is 0 Å². The Hall–Kier alpha value is -1.14. The van der Waals surface area contributed by atoms with Crippen LogP contribution in [0.5, 0.6) is 0 Å². The van der Waals surface area contributed by atoms with Crippen LogP contribution in [0.2, 0.25) is 0 Å². The summed E-state index contributed by atoms with van der Waals surface area (Å²) in [4.78, 5) is 28.5. The molecule has 4 fully saturated rings. The van der Waals surface area contributed by atoms with E-state index in [1.54, 1.807) is 0 Å². The Balaban J connectivity index is 1.36. The number of nitrogens with one attached hydrogen (secondary N) is 1. The third-order valence-electron chi connectivity index (χ3n) is 7.44. The number of hydrogen-bond acceptors (Lipinski definition) is 4. The summed E-state index contributed by atoms with van der Waals surface area (Å²) in [5, 5.41) is 3.29. The first-order valence-electron chi connectivity index (χ1n) is 11.8. The number of piperidine rings is 1. The van der Waals surface area contributed by atoms with Gasteiger partial charge in [-0.15, -0.1) is 0 Å². The zero-order valence-corrected chi connectivity index (χ0v) is 18.1. The van der Waals surface area contributed by atoms with Gasteiger partial charge < -0.3 is 19.7 Å². The molecule has 4 rings (SSSR count). The first-order chi connectivity index (χ1) is 14.0. The largest absolute Gasteiger partial charge is 0.373 e. The monoisotopic (exact) mass is 406 g/mol. The third-order valence-corrected chi connectivity index (χ3v) is 7.44. The lowest BCUT2D eigenvalue weighted by molar-refractivity contribution is -0.166. The van der Waals surface area contributed by atoms with Crippen LogP contribution in [0, 0.1) is 23.7 Å². The zero-order valence-electron chi connectivity index (χ0n) is 18.1. The summed E-state index contributed by atoms with van der Waals surface area (Å²) in [5.74, 6) is 1.42. The third kappa shape index (κ3) is 4.96. The van der Waals surface area contributed by atoms with E-state index < -0.39 is 0 Å². The summed E-state index contributed by atoms with van der Waals surface area (Å²) in [7, 11) is 0. The van der Waals surface area contributed by atoms with Crippen LogP contribution in [0.3, 0.4) is 0 Å². The van der Waals surface area contributed by atoms with E-state index in [2.05, 4.69) is 24.1 Å². The molecule has 2 aliphatic heterocycles. The summed E-state index contributed by atoms with van der Waals surface area (Å²) in [6.45, 7) is 7.50. The van der Waals surface area contributed by atoms with Gasteiger partial charge in [0.25, 0.3) is 0 Å². The summed E-state index contributed by atoms with van der Waals surface area (Å²) in [6.07, 6.45) is 7.87. The highest BCUT2D eigenvalue weighted by atomic mass is 16.6. The van der Waals surface area contributed by atoms with E-state index in [4.69, 9.17) is 9.47 Å². The fourth-order valence-electron chi connectivity index (χ4n) is 6.08. The maximum absolute atomic E-state index is 13.3. The van der Waals surface area contributed by atoms with Crippen molar-refractivity contribution in [1.82, 2.24) is 10.2 Å². The zero-order chi connectivity index (χ0) is 20.4. The van der Waals surface area contributed by atoms with Gasteiger partial charge in [-0.25, -0.2) is 0 Å². The van der Waals surface area contributed by atoms with E-state index >= 15 is 0 Å². The number of fused-ring (bicyclic) bond motifs is 1. The van der Waals surface area contributed by atoms with Crippen molar-refractivity contribution >= 4 is 11.8 Å². The van der Waals surface area contributed by atoms with Gasteiger partial charge in [-0.05, 0) is 50.4 Å². The van der Waals surface area contributed by atoms with Gasteiger partial charge in [0.2, 0.25) is 11.8 Å². The van der Waals surface area contributed by atoms with E-state index in [1.165, 1.54) is 6.42 Å². The molecular weight excluding hydrogens is 368 g/mol. The summed E-state index contributed by atoms with van der Waals surface area (Å²) < 4.78 is 11.6. The average Bonchev–Trinajstić information content (AvgIpc) is 2.72. The maximum Gasteiger partial charge on any atom is 0.227 e. The maximum atomic E-state index is 13.3. The molecule has 1 N–H and O–H groups in total. The number of nitrogens with zero attached hydrogens (tertiary/aromatic N) is 1. The molecule has 4 aliphatic rings. The average molecular weight is 407 g/mol. The van der Waals surface area contributed by atoms with Crippen molar-refractivity contribution in [2.24, 2.45) is 23.7 Å². The molecule has 0 aromatic heterocycles. The second kappa shape index (κ2) is 9.34. The predicted octanol–water partition coefficient (Wildman–Crippen LogP) is 2.75. The Bertz CT molecular complexity index is 587. The van der Waals surface area contributed by atoms with Gasteiger partial charge in [-0.2, -0.15) is 0 Å². The van der Waals surface area contributed by atoms with Crippen molar-refractivity contribution in [2.45, 2.75) is 83.5 Å². The quantitative estimate of drug-likeness (QED) is 0.783. The minimum Gasteiger partial charge on any atom is -0.373 e. The molecule has 2 amide bonds. The number of hydrogen-bond donors (Lipinski definition) is 1. The van der Waals surface area contributed by atoms with E-state index in [9.17, 15) is 9.59 Å². The minimum absolute atomic E-state index is 0.0162. The Morgan fingerprint density at radius 3 is 2.31 bits per heavy atom. The first-order valence-corrected chi connectivity index (χ1v) is 11.8. The lowest BCUT2D eigenvalue weighted by atomic mass is 9.80. The van der Waals surface area contributed by atoms with E-state index in [0.717, 1.165) is 58.0 Å². The highest BCUT2D eigenvalue weighted by Gasteiger charge is 2.40. The van der Waals surface area contributed by atoms with Crippen LogP contribution in [0.4, 0.5) is 0 Å². The van der Waals surface area contributed by atoms with Crippen molar-refractivity contribution in [3.63, 3.8) is 0 Å². The minimum atomic E-state index is -0.0594. The summed E-state index contributed by atoms with van der Waals surface area (Å²) >= 11 is 0. The Kier molecular flexibility index (Phi) is 6.80. The van der Waals surface area contributed by atoms with Crippen LogP contribution < -0.4 is 5.32 Å². The number of amides is 2. The molecule has 0 bridgehead atoms. The van der Waals surface area contributed by atoms with E-state index in [0.29, 0.717) is 25.0 Å². The van der Waals surface area contributed by atoms with Crippen molar-refractivity contribution in [3.05, 3.63) is 0 Å². The number of carbonyl (C=O) groups excluding carboxylic acids is 2. The Morgan fingerprint density at radius 1 is 0.862 bits per heavy atom. The molecule has 2 saturated heterocycles. The molecule has 7 atom stereocenters.